The van der Waals surface area contributed by atoms with Gasteiger partial charge in [-0.25, -0.2) is 15.4 Å². The van der Waals surface area contributed by atoms with Crippen LogP contribution < -0.4 is 16.6 Å². The number of hydrogen-bond acceptors (Lipinski definition) is 6. The van der Waals surface area contributed by atoms with Crippen LogP contribution in [0.25, 0.3) is 0 Å². The van der Waals surface area contributed by atoms with Crippen molar-refractivity contribution in [2.24, 2.45) is 5.73 Å². The summed E-state index contributed by atoms with van der Waals surface area (Å²) in [5, 5.41) is 1.07. The molecule has 0 aliphatic carbocycles. The van der Waals surface area contributed by atoms with Gasteiger partial charge in [0.1, 0.15) is 0 Å². The summed E-state index contributed by atoms with van der Waals surface area (Å²) in [4.78, 5) is 8.23. The van der Waals surface area contributed by atoms with Gasteiger partial charge in [-0.3, -0.25) is 5.43 Å². The van der Waals surface area contributed by atoms with Crippen LogP contribution in [0.15, 0.2) is 23.6 Å². The third-order valence-electron chi connectivity index (χ3n) is 1.77. The fourth-order valence-corrected chi connectivity index (χ4v) is 1.99. The van der Waals surface area contributed by atoms with Crippen molar-refractivity contribution in [3.8, 4) is 0 Å². The van der Waals surface area contributed by atoms with E-state index >= 15 is 0 Å². The van der Waals surface area contributed by atoms with Crippen molar-refractivity contribution in [2.75, 3.05) is 6.54 Å². The van der Waals surface area contributed by atoms with Gasteiger partial charge in [-0.1, -0.05) is 11.8 Å². The first-order valence-corrected chi connectivity index (χ1v) is 4.92. The van der Waals surface area contributed by atoms with Crippen molar-refractivity contribution < 1.29 is 0 Å². The topological polar surface area (TPSA) is 75.9 Å². The molecule has 0 spiro atoms. The van der Waals surface area contributed by atoms with E-state index < -0.39 is 0 Å². The predicted molar refractivity (Wildman–Crippen MR) is 50.8 cm³/mol. The monoisotopic (exact) mass is 197 g/mol. The molecule has 1 aliphatic heterocycles. The minimum absolute atomic E-state index is 0.0335. The summed E-state index contributed by atoms with van der Waals surface area (Å²) in [6, 6.07) is 1.80. The van der Waals surface area contributed by atoms with Crippen molar-refractivity contribution in [3.05, 3.63) is 18.5 Å². The summed E-state index contributed by atoms with van der Waals surface area (Å²) in [7, 11) is 0. The molecule has 2 unspecified atom stereocenters. The van der Waals surface area contributed by atoms with Crippen LogP contribution >= 0.6 is 11.8 Å². The molecule has 1 aromatic heterocycles. The third kappa shape index (κ3) is 2.16. The van der Waals surface area contributed by atoms with Gasteiger partial charge in [-0.2, -0.15) is 0 Å². The molecule has 6 heteroatoms. The zero-order chi connectivity index (χ0) is 9.10. The zero-order valence-corrected chi connectivity index (χ0v) is 7.79. The standard InChI is InChI=1S/C7H11N5S/c8-6-5(4-11-12-6)13-7-9-2-1-3-10-7/h1-3,5-6,11-12H,4,8H2. The highest BCUT2D eigenvalue weighted by molar-refractivity contribution is 7.99. The molecule has 1 saturated heterocycles. The van der Waals surface area contributed by atoms with E-state index in [1.54, 1.807) is 30.2 Å². The van der Waals surface area contributed by atoms with Gasteiger partial charge in [0.15, 0.2) is 5.16 Å². The minimum atomic E-state index is -0.0335. The lowest BCUT2D eigenvalue weighted by Crippen LogP contribution is -2.40. The first kappa shape index (κ1) is 8.89. The lowest BCUT2D eigenvalue weighted by atomic mass is 10.4. The van der Waals surface area contributed by atoms with Gasteiger partial charge in [-0.05, 0) is 6.07 Å². The van der Waals surface area contributed by atoms with Crippen LogP contribution in [-0.2, 0) is 0 Å². The maximum absolute atomic E-state index is 5.78. The van der Waals surface area contributed by atoms with Gasteiger partial charge in [0, 0.05) is 18.9 Å². The summed E-state index contributed by atoms with van der Waals surface area (Å²) in [6.07, 6.45) is 3.43. The van der Waals surface area contributed by atoms with Gasteiger partial charge in [0.05, 0.1) is 11.4 Å². The van der Waals surface area contributed by atoms with Gasteiger partial charge < -0.3 is 5.73 Å². The fraction of sp³-hybridized carbons (Fsp3) is 0.429. The van der Waals surface area contributed by atoms with E-state index in [0.717, 1.165) is 11.7 Å². The summed E-state index contributed by atoms with van der Waals surface area (Å²) < 4.78 is 0. The summed E-state index contributed by atoms with van der Waals surface area (Å²) in [6.45, 7) is 0.837. The Hall–Kier alpha value is -0.690. The molecule has 1 aromatic rings. The van der Waals surface area contributed by atoms with Crippen LogP contribution in [0.5, 0.6) is 0 Å². The molecule has 13 heavy (non-hydrogen) atoms. The van der Waals surface area contributed by atoms with Crippen molar-refractivity contribution in [2.45, 2.75) is 16.6 Å². The van der Waals surface area contributed by atoms with E-state index in [9.17, 15) is 0 Å². The molecule has 2 atom stereocenters. The van der Waals surface area contributed by atoms with Crippen molar-refractivity contribution in [1.29, 1.82) is 0 Å². The maximum atomic E-state index is 5.78. The molecule has 2 rings (SSSR count). The van der Waals surface area contributed by atoms with Crippen LogP contribution in [0, 0.1) is 0 Å². The van der Waals surface area contributed by atoms with Crippen LogP contribution in [0.4, 0.5) is 0 Å². The first-order valence-electron chi connectivity index (χ1n) is 4.04. The predicted octanol–water partition coefficient (Wildman–Crippen LogP) is -0.670. The lowest BCUT2D eigenvalue weighted by molar-refractivity contribution is 0.576. The average Bonchev–Trinajstić information content (AvgIpc) is 2.54. The molecule has 70 valence electrons. The molecule has 0 saturated carbocycles. The van der Waals surface area contributed by atoms with Crippen LogP contribution in [0.2, 0.25) is 0 Å². The molecule has 0 radical (unpaired) electrons. The van der Waals surface area contributed by atoms with Crippen molar-refractivity contribution in [1.82, 2.24) is 20.8 Å². The first-order chi connectivity index (χ1) is 6.36. The normalized spacial score (nSPS) is 27.8. The second-order valence-electron chi connectivity index (χ2n) is 2.74. The number of thioether (sulfide) groups is 1. The van der Waals surface area contributed by atoms with Gasteiger partial charge in [0.25, 0.3) is 0 Å². The SMILES string of the molecule is NC1NNCC1Sc1ncccn1. The minimum Gasteiger partial charge on any atom is -0.314 e. The fourth-order valence-electron chi connectivity index (χ4n) is 1.09. The molecule has 4 N–H and O–H groups in total. The van der Waals surface area contributed by atoms with Gasteiger partial charge in [-0.15, -0.1) is 0 Å². The van der Waals surface area contributed by atoms with E-state index in [1.807, 2.05) is 0 Å². The van der Waals surface area contributed by atoms with E-state index in [0.29, 0.717) is 5.25 Å². The number of hydrazine groups is 1. The second kappa shape index (κ2) is 4.01. The zero-order valence-electron chi connectivity index (χ0n) is 6.97. The lowest BCUT2D eigenvalue weighted by Gasteiger charge is -2.10. The molecule has 0 amide bonds. The number of aromatic nitrogens is 2. The number of nitrogens with one attached hydrogen (secondary N) is 2. The Morgan fingerprint density at radius 1 is 1.46 bits per heavy atom. The third-order valence-corrected chi connectivity index (χ3v) is 2.96. The summed E-state index contributed by atoms with van der Waals surface area (Å²) >= 11 is 1.59. The Balaban J connectivity index is 1.98. The molecular weight excluding hydrogens is 186 g/mol. The molecule has 0 aromatic carbocycles. The number of hydrogen-bond donors (Lipinski definition) is 3. The smallest absolute Gasteiger partial charge is 0.187 e. The largest absolute Gasteiger partial charge is 0.314 e. The van der Waals surface area contributed by atoms with E-state index in [4.69, 9.17) is 5.73 Å². The van der Waals surface area contributed by atoms with Gasteiger partial charge >= 0.3 is 0 Å². The van der Waals surface area contributed by atoms with E-state index in [1.165, 1.54) is 0 Å². The highest BCUT2D eigenvalue weighted by atomic mass is 32.2. The highest BCUT2D eigenvalue weighted by Crippen LogP contribution is 2.20. The van der Waals surface area contributed by atoms with Crippen LogP contribution in [-0.4, -0.2) is 27.9 Å². The Morgan fingerprint density at radius 2 is 2.23 bits per heavy atom. The quantitative estimate of drug-likeness (QED) is 0.546. The van der Waals surface area contributed by atoms with Crippen molar-refractivity contribution >= 4 is 11.8 Å². The van der Waals surface area contributed by atoms with E-state index in [2.05, 4.69) is 20.8 Å². The van der Waals surface area contributed by atoms with Gasteiger partial charge in [0.2, 0.25) is 0 Å². The number of rotatable bonds is 2. The Bertz CT molecular complexity index is 267. The summed E-state index contributed by atoms with van der Waals surface area (Å²) in [5.74, 6) is 0. The van der Waals surface area contributed by atoms with Crippen LogP contribution in [0.3, 0.4) is 0 Å². The Labute approximate surface area is 80.5 Å². The average molecular weight is 197 g/mol. The molecule has 1 fully saturated rings. The summed E-state index contributed by atoms with van der Waals surface area (Å²) in [5.41, 5.74) is 11.7. The molecular formula is C7H11N5S. The second-order valence-corrected chi connectivity index (χ2v) is 3.95. The van der Waals surface area contributed by atoms with E-state index in [-0.39, 0.29) is 6.17 Å². The Morgan fingerprint density at radius 3 is 2.85 bits per heavy atom. The molecule has 0 bridgehead atoms. The van der Waals surface area contributed by atoms with Crippen LogP contribution in [0.1, 0.15) is 0 Å². The molecule has 5 nitrogen and oxygen atoms in total. The molecule has 1 aliphatic rings. The maximum Gasteiger partial charge on any atom is 0.187 e. The Kier molecular flexibility index (Phi) is 2.74. The van der Waals surface area contributed by atoms with Crippen molar-refractivity contribution in [3.63, 3.8) is 0 Å². The number of nitrogens with two attached hydrogens (primary N) is 1. The number of nitrogens with zero attached hydrogens (tertiary/aromatic N) is 2. The molecule has 2 heterocycles. The highest BCUT2D eigenvalue weighted by Gasteiger charge is 2.24.